The summed E-state index contributed by atoms with van der Waals surface area (Å²) in [6, 6.07) is 5.15. The van der Waals surface area contributed by atoms with Crippen molar-refractivity contribution in [1.29, 1.82) is 0 Å². The Labute approximate surface area is 102 Å². The van der Waals surface area contributed by atoms with Gasteiger partial charge in [-0.2, -0.15) is 0 Å². The first-order valence-electron chi connectivity index (χ1n) is 4.67. The molecule has 1 rings (SSSR count). The number of methoxy groups -OCH3 is 1. The number of ether oxygens (including phenoxy) is 1. The van der Waals surface area contributed by atoms with Gasteiger partial charge in [0.1, 0.15) is 6.29 Å². The standard InChI is InChI=1S/C12H11BrO3/c1-16-12(15)10-6-5-9(11(13)8-10)4-2-3-7-14/h2,4-8H,3H2,1H3. The summed E-state index contributed by atoms with van der Waals surface area (Å²) in [5.41, 5.74) is 1.40. The van der Waals surface area contributed by atoms with E-state index in [0.717, 1.165) is 16.3 Å². The van der Waals surface area contributed by atoms with Crippen LogP contribution in [0.15, 0.2) is 28.7 Å². The van der Waals surface area contributed by atoms with Crippen molar-refractivity contribution in [3.05, 3.63) is 39.9 Å². The molecular formula is C12H11BrO3. The van der Waals surface area contributed by atoms with Crippen LogP contribution >= 0.6 is 15.9 Å². The van der Waals surface area contributed by atoms with Gasteiger partial charge in [0.15, 0.2) is 0 Å². The van der Waals surface area contributed by atoms with E-state index in [9.17, 15) is 9.59 Å². The van der Waals surface area contributed by atoms with Crippen LogP contribution < -0.4 is 0 Å². The van der Waals surface area contributed by atoms with Gasteiger partial charge < -0.3 is 9.53 Å². The lowest BCUT2D eigenvalue weighted by molar-refractivity contribution is -0.107. The first kappa shape index (κ1) is 12.6. The SMILES string of the molecule is COC(=O)c1ccc(C=CCC=O)c(Br)c1. The Bertz CT molecular complexity index is 424. The Hall–Kier alpha value is -1.42. The molecule has 0 aliphatic carbocycles. The van der Waals surface area contributed by atoms with Gasteiger partial charge in [-0.1, -0.05) is 34.1 Å². The molecule has 0 aliphatic heterocycles. The van der Waals surface area contributed by atoms with E-state index in [0.29, 0.717) is 12.0 Å². The zero-order valence-corrected chi connectivity index (χ0v) is 10.4. The highest BCUT2D eigenvalue weighted by Gasteiger charge is 2.06. The van der Waals surface area contributed by atoms with E-state index < -0.39 is 0 Å². The van der Waals surface area contributed by atoms with Gasteiger partial charge in [-0.15, -0.1) is 0 Å². The fourth-order valence-electron chi connectivity index (χ4n) is 1.16. The highest BCUT2D eigenvalue weighted by Crippen LogP contribution is 2.20. The number of carbonyl (C=O) groups is 2. The summed E-state index contributed by atoms with van der Waals surface area (Å²) in [6.07, 6.45) is 4.78. The molecule has 0 bridgehead atoms. The van der Waals surface area contributed by atoms with E-state index in [1.54, 1.807) is 24.3 Å². The minimum Gasteiger partial charge on any atom is -0.465 e. The average Bonchev–Trinajstić information content (AvgIpc) is 2.30. The summed E-state index contributed by atoms with van der Waals surface area (Å²) >= 11 is 3.35. The summed E-state index contributed by atoms with van der Waals surface area (Å²) in [5.74, 6) is -0.371. The smallest absolute Gasteiger partial charge is 0.337 e. The van der Waals surface area contributed by atoms with E-state index in [2.05, 4.69) is 20.7 Å². The molecule has 84 valence electrons. The van der Waals surface area contributed by atoms with Crippen LogP contribution in [0.3, 0.4) is 0 Å². The van der Waals surface area contributed by atoms with Gasteiger partial charge in [0.25, 0.3) is 0 Å². The highest BCUT2D eigenvalue weighted by molar-refractivity contribution is 9.10. The fraction of sp³-hybridized carbons (Fsp3) is 0.167. The molecule has 0 aromatic heterocycles. The molecule has 4 heteroatoms. The van der Waals surface area contributed by atoms with Crippen LogP contribution in [-0.2, 0) is 9.53 Å². The molecule has 16 heavy (non-hydrogen) atoms. The number of hydrogen-bond acceptors (Lipinski definition) is 3. The van der Waals surface area contributed by atoms with Gasteiger partial charge in [0, 0.05) is 10.9 Å². The van der Waals surface area contributed by atoms with Gasteiger partial charge >= 0.3 is 5.97 Å². The van der Waals surface area contributed by atoms with Crippen LogP contribution in [0.1, 0.15) is 22.3 Å². The number of carbonyl (C=O) groups excluding carboxylic acids is 2. The third-order valence-electron chi connectivity index (χ3n) is 1.95. The third-order valence-corrected chi connectivity index (χ3v) is 2.64. The Morgan fingerprint density at radius 1 is 1.50 bits per heavy atom. The van der Waals surface area contributed by atoms with Crippen molar-refractivity contribution < 1.29 is 14.3 Å². The number of halogens is 1. The first-order valence-corrected chi connectivity index (χ1v) is 5.46. The van der Waals surface area contributed by atoms with Gasteiger partial charge in [0.05, 0.1) is 12.7 Å². The quantitative estimate of drug-likeness (QED) is 0.630. The number of rotatable bonds is 4. The molecule has 0 radical (unpaired) electrons. The van der Waals surface area contributed by atoms with Crippen LogP contribution in [0.25, 0.3) is 6.08 Å². The zero-order chi connectivity index (χ0) is 12.0. The predicted molar refractivity (Wildman–Crippen MR) is 65.2 cm³/mol. The molecule has 0 saturated carbocycles. The van der Waals surface area contributed by atoms with Gasteiger partial charge in [-0.05, 0) is 17.7 Å². The van der Waals surface area contributed by atoms with Crippen molar-refractivity contribution in [3.63, 3.8) is 0 Å². The number of hydrogen-bond donors (Lipinski definition) is 0. The van der Waals surface area contributed by atoms with Crippen LogP contribution in [0, 0.1) is 0 Å². The van der Waals surface area contributed by atoms with Crippen molar-refractivity contribution in [2.45, 2.75) is 6.42 Å². The molecule has 0 heterocycles. The minimum atomic E-state index is -0.371. The summed E-state index contributed by atoms with van der Waals surface area (Å²) in [6.45, 7) is 0. The molecule has 0 N–H and O–H groups in total. The molecule has 0 spiro atoms. The monoisotopic (exact) mass is 282 g/mol. The Morgan fingerprint density at radius 3 is 2.81 bits per heavy atom. The molecule has 3 nitrogen and oxygen atoms in total. The van der Waals surface area contributed by atoms with Gasteiger partial charge in [-0.25, -0.2) is 4.79 Å². The van der Waals surface area contributed by atoms with Crippen LogP contribution in [0.2, 0.25) is 0 Å². The molecule has 0 aliphatic rings. The molecule has 0 unspecified atom stereocenters. The third kappa shape index (κ3) is 3.31. The Kier molecular flexibility index (Phi) is 4.92. The van der Waals surface area contributed by atoms with Crippen LogP contribution in [0.5, 0.6) is 0 Å². The van der Waals surface area contributed by atoms with Crippen molar-refractivity contribution in [2.24, 2.45) is 0 Å². The second kappa shape index (κ2) is 6.23. The van der Waals surface area contributed by atoms with Gasteiger partial charge in [0.2, 0.25) is 0 Å². The summed E-state index contributed by atoms with van der Waals surface area (Å²) in [4.78, 5) is 21.4. The van der Waals surface area contributed by atoms with Gasteiger partial charge in [-0.3, -0.25) is 0 Å². The molecule has 0 fully saturated rings. The van der Waals surface area contributed by atoms with Crippen molar-refractivity contribution in [2.75, 3.05) is 7.11 Å². The normalized spacial score (nSPS) is 10.4. The topological polar surface area (TPSA) is 43.4 Å². The van der Waals surface area contributed by atoms with E-state index in [-0.39, 0.29) is 5.97 Å². The Balaban J connectivity index is 2.91. The van der Waals surface area contributed by atoms with Crippen molar-refractivity contribution in [3.8, 4) is 0 Å². The first-order chi connectivity index (χ1) is 7.69. The number of aldehydes is 1. The molecule has 0 amide bonds. The van der Waals surface area contributed by atoms with E-state index in [4.69, 9.17) is 0 Å². The fourth-order valence-corrected chi connectivity index (χ4v) is 1.67. The predicted octanol–water partition coefficient (Wildman–Crippen LogP) is 2.84. The Morgan fingerprint density at radius 2 is 2.25 bits per heavy atom. The number of esters is 1. The lowest BCUT2D eigenvalue weighted by Gasteiger charge is -2.02. The molecule has 0 atom stereocenters. The maximum atomic E-state index is 11.2. The molecular weight excluding hydrogens is 272 g/mol. The van der Waals surface area contributed by atoms with Crippen molar-refractivity contribution in [1.82, 2.24) is 0 Å². The molecule has 0 saturated heterocycles. The summed E-state index contributed by atoms with van der Waals surface area (Å²) < 4.78 is 5.39. The lowest BCUT2D eigenvalue weighted by Crippen LogP contribution is -2.00. The second-order valence-corrected chi connectivity index (χ2v) is 3.89. The second-order valence-electron chi connectivity index (χ2n) is 3.03. The van der Waals surface area contributed by atoms with Crippen LogP contribution in [0.4, 0.5) is 0 Å². The lowest BCUT2D eigenvalue weighted by atomic mass is 10.1. The maximum Gasteiger partial charge on any atom is 0.337 e. The summed E-state index contributed by atoms with van der Waals surface area (Å²) in [7, 11) is 1.34. The maximum absolute atomic E-state index is 11.2. The van der Waals surface area contributed by atoms with E-state index >= 15 is 0 Å². The van der Waals surface area contributed by atoms with Crippen LogP contribution in [-0.4, -0.2) is 19.4 Å². The average molecular weight is 283 g/mol. The molecule has 1 aromatic carbocycles. The number of benzene rings is 1. The number of allylic oxidation sites excluding steroid dienone is 1. The highest BCUT2D eigenvalue weighted by atomic mass is 79.9. The summed E-state index contributed by atoms with van der Waals surface area (Å²) in [5, 5.41) is 0. The minimum absolute atomic E-state index is 0.371. The van der Waals surface area contributed by atoms with Crippen molar-refractivity contribution >= 4 is 34.3 Å². The van der Waals surface area contributed by atoms with E-state index in [1.165, 1.54) is 7.11 Å². The van der Waals surface area contributed by atoms with E-state index in [1.807, 2.05) is 6.08 Å². The zero-order valence-electron chi connectivity index (χ0n) is 8.77. The largest absolute Gasteiger partial charge is 0.465 e. The molecule has 1 aromatic rings.